The third-order valence-electron chi connectivity index (χ3n) is 3.07. The van der Waals surface area contributed by atoms with Gasteiger partial charge in [0.05, 0.1) is 24.9 Å². The van der Waals surface area contributed by atoms with Crippen molar-refractivity contribution in [2.75, 3.05) is 13.1 Å². The van der Waals surface area contributed by atoms with Crippen molar-refractivity contribution in [1.82, 2.24) is 4.90 Å². The maximum absolute atomic E-state index is 12.3. The Morgan fingerprint density at radius 2 is 1.45 bits per heavy atom. The zero-order valence-corrected chi connectivity index (χ0v) is 10.8. The topological polar surface area (TPSA) is 144 Å². The van der Waals surface area contributed by atoms with Crippen LogP contribution in [0.1, 0.15) is 12.8 Å². The van der Waals surface area contributed by atoms with Crippen LogP contribution in [-0.4, -0.2) is 46.8 Å². The van der Waals surface area contributed by atoms with Gasteiger partial charge < -0.3 is 21.5 Å². The number of nitrogens with two attached hydrogens (primary N) is 2. The van der Waals surface area contributed by atoms with Crippen molar-refractivity contribution in [2.24, 2.45) is 23.3 Å². The summed E-state index contributed by atoms with van der Waals surface area (Å²) >= 11 is 0. The Bertz CT molecular complexity index is 444. The van der Waals surface area contributed by atoms with Crippen molar-refractivity contribution in [3.05, 3.63) is 12.2 Å². The summed E-state index contributed by atoms with van der Waals surface area (Å²) in [6.07, 6.45) is 3.86. The molecule has 5 N–H and O–H groups in total. The molecule has 0 saturated heterocycles. The summed E-state index contributed by atoms with van der Waals surface area (Å²) in [6.45, 7) is -0.928. The molecule has 1 rings (SSSR count). The van der Waals surface area contributed by atoms with Crippen LogP contribution in [0.2, 0.25) is 0 Å². The predicted molar refractivity (Wildman–Crippen MR) is 68.0 cm³/mol. The molecule has 2 atom stereocenters. The van der Waals surface area contributed by atoms with Crippen LogP contribution in [0.15, 0.2) is 12.2 Å². The van der Waals surface area contributed by atoms with E-state index >= 15 is 0 Å². The Balaban J connectivity index is 2.91. The van der Waals surface area contributed by atoms with Crippen molar-refractivity contribution in [1.29, 1.82) is 0 Å². The van der Waals surface area contributed by atoms with E-state index in [2.05, 4.69) is 0 Å². The van der Waals surface area contributed by atoms with Gasteiger partial charge in [0.15, 0.2) is 0 Å². The van der Waals surface area contributed by atoms with Crippen LogP contribution < -0.4 is 11.5 Å². The van der Waals surface area contributed by atoms with Crippen LogP contribution in [0, 0.1) is 11.8 Å². The molecule has 0 saturated carbocycles. The first-order chi connectivity index (χ1) is 9.32. The molecular weight excluding hydrogens is 266 g/mol. The van der Waals surface area contributed by atoms with Gasteiger partial charge in [0.2, 0.25) is 17.7 Å². The van der Waals surface area contributed by atoms with Crippen molar-refractivity contribution >= 4 is 23.7 Å². The zero-order chi connectivity index (χ0) is 15.3. The highest BCUT2D eigenvalue weighted by Gasteiger charge is 2.37. The molecule has 0 aromatic rings. The minimum absolute atomic E-state index is 0.229. The van der Waals surface area contributed by atoms with E-state index in [9.17, 15) is 19.2 Å². The molecule has 110 valence electrons. The molecule has 0 spiro atoms. The number of hydrogen-bond donors (Lipinski definition) is 3. The molecule has 8 nitrogen and oxygen atoms in total. The Hall–Kier alpha value is -2.38. The van der Waals surface area contributed by atoms with Crippen LogP contribution in [0.25, 0.3) is 0 Å². The average Bonchev–Trinajstić information content (AvgIpc) is 2.36. The predicted octanol–water partition coefficient (Wildman–Crippen LogP) is -1.55. The fourth-order valence-electron chi connectivity index (χ4n) is 2.18. The zero-order valence-electron chi connectivity index (χ0n) is 10.8. The van der Waals surface area contributed by atoms with E-state index in [-0.39, 0.29) is 12.8 Å². The summed E-state index contributed by atoms with van der Waals surface area (Å²) in [6, 6.07) is 0. The second kappa shape index (κ2) is 6.69. The first-order valence-electron chi connectivity index (χ1n) is 6.06. The van der Waals surface area contributed by atoms with Crippen LogP contribution in [-0.2, 0) is 19.2 Å². The number of carboxylic acid groups (broad SMARTS) is 1. The number of hydrogen-bond acceptors (Lipinski definition) is 4. The van der Waals surface area contributed by atoms with Crippen LogP contribution in [0.4, 0.5) is 0 Å². The highest BCUT2D eigenvalue weighted by Crippen LogP contribution is 2.27. The molecule has 1 aliphatic carbocycles. The van der Waals surface area contributed by atoms with Gasteiger partial charge in [-0.2, -0.15) is 0 Å². The van der Waals surface area contributed by atoms with Crippen LogP contribution in [0.5, 0.6) is 0 Å². The minimum Gasteiger partial charge on any atom is -0.481 e. The molecule has 0 aromatic carbocycles. The van der Waals surface area contributed by atoms with E-state index in [0.29, 0.717) is 0 Å². The number of carbonyl (C=O) groups is 4. The molecule has 0 radical (unpaired) electrons. The average molecular weight is 283 g/mol. The highest BCUT2D eigenvalue weighted by molar-refractivity contribution is 5.91. The van der Waals surface area contributed by atoms with Gasteiger partial charge in [-0.1, -0.05) is 12.2 Å². The molecule has 0 aliphatic heterocycles. The molecule has 0 unspecified atom stereocenters. The molecule has 3 amide bonds. The van der Waals surface area contributed by atoms with Gasteiger partial charge in [0.1, 0.15) is 0 Å². The number of primary amides is 2. The Morgan fingerprint density at radius 3 is 1.85 bits per heavy atom. The van der Waals surface area contributed by atoms with E-state index < -0.39 is 48.6 Å². The fraction of sp³-hybridized carbons (Fsp3) is 0.500. The molecule has 0 fully saturated rings. The summed E-state index contributed by atoms with van der Waals surface area (Å²) in [5.74, 6) is -4.98. The summed E-state index contributed by atoms with van der Waals surface area (Å²) in [4.78, 5) is 46.2. The first-order valence-corrected chi connectivity index (χ1v) is 6.06. The van der Waals surface area contributed by atoms with Gasteiger partial charge in [-0.25, -0.2) is 0 Å². The van der Waals surface area contributed by atoms with E-state index in [4.69, 9.17) is 16.6 Å². The molecule has 8 heteroatoms. The number of allylic oxidation sites excluding steroid dienone is 2. The Kier molecular flexibility index (Phi) is 5.24. The lowest BCUT2D eigenvalue weighted by Gasteiger charge is -2.29. The second-order valence-electron chi connectivity index (χ2n) is 4.62. The lowest BCUT2D eigenvalue weighted by atomic mass is 9.82. The van der Waals surface area contributed by atoms with Crippen LogP contribution in [0.3, 0.4) is 0 Å². The number of carbonyl (C=O) groups excluding carboxylic acids is 3. The van der Waals surface area contributed by atoms with Crippen molar-refractivity contribution in [2.45, 2.75) is 12.8 Å². The van der Waals surface area contributed by atoms with E-state index in [0.717, 1.165) is 4.90 Å². The van der Waals surface area contributed by atoms with Gasteiger partial charge in [-0.3, -0.25) is 19.2 Å². The smallest absolute Gasteiger partial charge is 0.307 e. The standard InChI is InChI=1S/C12H17N3O5/c13-9(16)5-15(6-10(14)17)11(18)7-3-1-2-4-8(7)12(19)20/h1-2,7-8H,3-6H2,(H2,13,16)(H2,14,17)(H,19,20)/t7-,8+/m1/s1. The molecule has 0 bridgehead atoms. The van der Waals surface area contributed by atoms with Gasteiger partial charge in [-0.05, 0) is 12.8 Å². The van der Waals surface area contributed by atoms with Crippen molar-refractivity contribution in [3.63, 3.8) is 0 Å². The lowest BCUT2D eigenvalue weighted by Crippen LogP contribution is -2.48. The van der Waals surface area contributed by atoms with E-state index in [1.54, 1.807) is 12.2 Å². The summed E-state index contributed by atoms with van der Waals surface area (Å²) in [5, 5.41) is 9.12. The Labute approximate surface area is 115 Å². The number of carboxylic acids is 1. The number of amides is 3. The van der Waals surface area contributed by atoms with E-state index in [1.165, 1.54) is 0 Å². The molecule has 0 heterocycles. The van der Waals surface area contributed by atoms with Gasteiger partial charge in [0, 0.05) is 0 Å². The second-order valence-corrected chi connectivity index (χ2v) is 4.62. The third-order valence-corrected chi connectivity index (χ3v) is 3.07. The SMILES string of the molecule is NC(=O)CN(CC(N)=O)C(=O)[C@@H]1CC=CC[C@@H]1C(=O)O. The normalized spacial score (nSPS) is 21.2. The number of rotatable bonds is 6. The molecule has 0 aromatic heterocycles. The van der Waals surface area contributed by atoms with E-state index in [1.807, 2.05) is 0 Å². The summed E-state index contributed by atoms with van der Waals surface area (Å²) < 4.78 is 0. The number of nitrogens with zero attached hydrogens (tertiary/aromatic N) is 1. The lowest BCUT2D eigenvalue weighted by molar-refractivity contribution is -0.151. The monoisotopic (exact) mass is 283 g/mol. The van der Waals surface area contributed by atoms with Gasteiger partial charge in [-0.15, -0.1) is 0 Å². The quantitative estimate of drug-likeness (QED) is 0.505. The number of aliphatic carboxylic acids is 1. The molecule has 1 aliphatic rings. The largest absolute Gasteiger partial charge is 0.481 e. The van der Waals surface area contributed by atoms with Gasteiger partial charge in [0.25, 0.3) is 0 Å². The molecular formula is C12H17N3O5. The third kappa shape index (κ3) is 4.08. The minimum atomic E-state index is -1.09. The molecule has 20 heavy (non-hydrogen) atoms. The maximum Gasteiger partial charge on any atom is 0.307 e. The summed E-state index contributed by atoms with van der Waals surface area (Å²) in [5.41, 5.74) is 10.0. The fourth-order valence-corrected chi connectivity index (χ4v) is 2.18. The van der Waals surface area contributed by atoms with Gasteiger partial charge >= 0.3 is 5.97 Å². The first kappa shape index (κ1) is 15.7. The van der Waals surface area contributed by atoms with Crippen LogP contribution >= 0.6 is 0 Å². The van der Waals surface area contributed by atoms with Crippen molar-refractivity contribution < 1.29 is 24.3 Å². The van der Waals surface area contributed by atoms with Crippen molar-refractivity contribution in [3.8, 4) is 0 Å². The summed E-state index contributed by atoms with van der Waals surface area (Å²) in [7, 11) is 0. The maximum atomic E-state index is 12.3. The highest BCUT2D eigenvalue weighted by atomic mass is 16.4. The Morgan fingerprint density at radius 1 is 1.00 bits per heavy atom.